The van der Waals surface area contributed by atoms with Crippen LogP contribution in [0.25, 0.3) is 22.6 Å². The number of benzene rings is 1. The molecule has 0 aliphatic heterocycles. The molecule has 0 radical (unpaired) electrons. The summed E-state index contributed by atoms with van der Waals surface area (Å²) in [4.78, 5) is 8.06. The minimum absolute atomic E-state index is 0.877. The summed E-state index contributed by atoms with van der Waals surface area (Å²) in [5, 5.41) is 4.35. The number of hydrogen-bond acceptors (Lipinski definition) is 2. The van der Waals surface area contributed by atoms with E-state index in [0.717, 1.165) is 28.2 Å². The largest absolute Gasteiger partial charge is 0.337 e. The van der Waals surface area contributed by atoms with Crippen LogP contribution in [0.15, 0.2) is 18.2 Å². The quantitative estimate of drug-likeness (QED) is 0.711. The average molecular weight is 240 g/mol. The molecule has 0 atom stereocenters. The van der Waals surface area contributed by atoms with Gasteiger partial charge in [-0.2, -0.15) is 5.10 Å². The van der Waals surface area contributed by atoms with E-state index in [1.165, 1.54) is 11.1 Å². The lowest BCUT2D eigenvalue weighted by Crippen LogP contribution is -1.94. The zero-order valence-electron chi connectivity index (χ0n) is 11.1. The second-order valence-corrected chi connectivity index (χ2v) is 4.86. The highest BCUT2D eigenvalue weighted by molar-refractivity contribution is 5.82. The number of aromatic amines is 1. The van der Waals surface area contributed by atoms with E-state index < -0.39 is 0 Å². The van der Waals surface area contributed by atoms with Gasteiger partial charge in [0.05, 0.1) is 16.7 Å². The molecule has 4 nitrogen and oxygen atoms in total. The number of aryl methyl sites for hydroxylation is 4. The average Bonchev–Trinajstić information content (AvgIpc) is 2.81. The number of fused-ring (bicyclic) bond motifs is 1. The molecule has 2 aromatic heterocycles. The summed E-state index contributed by atoms with van der Waals surface area (Å²) in [6.07, 6.45) is 0. The molecule has 3 aromatic rings. The van der Waals surface area contributed by atoms with Crippen LogP contribution in [0.4, 0.5) is 0 Å². The molecule has 0 aliphatic rings. The summed E-state index contributed by atoms with van der Waals surface area (Å²) in [6.45, 7) is 6.18. The van der Waals surface area contributed by atoms with Gasteiger partial charge in [-0.3, -0.25) is 4.68 Å². The second-order valence-electron chi connectivity index (χ2n) is 4.86. The number of imidazole rings is 1. The van der Waals surface area contributed by atoms with Crippen molar-refractivity contribution in [2.75, 3.05) is 0 Å². The Bertz CT molecular complexity index is 734. The topological polar surface area (TPSA) is 46.5 Å². The molecule has 0 spiro atoms. The fourth-order valence-electron chi connectivity index (χ4n) is 2.42. The molecule has 0 bridgehead atoms. The normalized spacial score (nSPS) is 11.3. The molecule has 2 heterocycles. The Hall–Kier alpha value is -2.10. The third kappa shape index (κ3) is 1.61. The number of rotatable bonds is 1. The Morgan fingerprint density at radius 3 is 2.56 bits per heavy atom. The maximum atomic E-state index is 4.68. The third-order valence-electron chi connectivity index (χ3n) is 3.17. The van der Waals surface area contributed by atoms with Crippen LogP contribution in [-0.4, -0.2) is 19.7 Å². The Balaban J connectivity index is 2.25. The van der Waals surface area contributed by atoms with Crippen molar-refractivity contribution in [2.45, 2.75) is 20.8 Å². The van der Waals surface area contributed by atoms with Crippen molar-refractivity contribution in [3.63, 3.8) is 0 Å². The maximum Gasteiger partial charge on any atom is 0.156 e. The summed E-state index contributed by atoms with van der Waals surface area (Å²) >= 11 is 0. The Labute approximate surface area is 106 Å². The van der Waals surface area contributed by atoms with E-state index in [1.54, 1.807) is 0 Å². The number of aromatic nitrogens is 4. The zero-order valence-corrected chi connectivity index (χ0v) is 11.1. The van der Waals surface area contributed by atoms with Gasteiger partial charge in [0, 0.05) is 7.05 Å². The zero-order chi connectivity index (χ0) is 12.9. The highest BCUT2D eigenvalue weighted by Crippen LogP contribution is 2.23. The molecule has 0 saturated heterocycles. The van der Waals surface area contributed by atoms with Gasteiger partial charge in [0.2, 0.25) is 0 Å². The lowest BCUT2D eigenvalue weighted by Gasteiger charge is -1.96. The summed E-state index contributed by atoms with van der Waals surface area (Å²) in [7, 11) is 1.94. The highest BCUT2D eigenvalue weighted by atomic mass is 15.3. The summed E-state index contributed by atoms with van der Waals surface area (Å²) in [5.41, 5.74) is 6.58. The predicted octanol–water partition coefficient (Wildman–Crippen LogP) is 2.89. The fraction of sp³-hybridized carbons (Fsp3) is 0.286. The molecule has 1 N–H and O–H groups in total. The van der Waals surface area contributed by atoms with Crippen LogP contribution in [0.5, 0.6) is 0 Å². The van der Waals surface area contributed by atoms with Gasteiger partial charge in [-0.1, -0.05) is 6.07 Å². The van der Waals surface area contributed by atoms with E-state index in [1.807, 2.05) is 24.7 Å². The van der Waals surface area contributed by atoms with Crippen LogP contribution in [0.2, 0.25) is 0 Å². The van der Waals surface area contributed by atoms with Crippen molar-refractivity contribution in [3.8, 4) is 11.5 Å². The van der Waals surface area contributed by atoms with E-state index >= 15 is 0 Å². The Morgan fingerprint density at radius 1 is 1.11 bits per heavy atom. The molecule has 1 aromatic carbocycles. The van der Waals surface area contributed by atoms with Crippen LogP contribution < -0.4 is 0 Å². The summed E-state index contributed by atoms with van der Waals surface area (Å²) in [6, 6.07) is 6.32. The fourth-order valence-corrected chi connectivity index (χ4v) is 2.42. The molecule has 0 unspecified atom stereocenters. The first-order valence-electron chi connectivity index (χ1n) is 6.02. The molecular formula is C14H16N4. The van der Waals surface area contributed by atoms with Gasteiger partial charge < -0.3 is 4.98 Å². The van der Waals surface area contributed by atoms with Crippen molar-refractivity contribution < 1.29 is 0 Å². The third-order valence-corrected chi connectivity index (χ3v) is 3.17. The van der Waals surface area contributed by atoms with Crippen LogP contribution in [0.1, 0.15) is 16.8 Å². The van der Waals surface area contributed by atoms with Gasteiger partial charge in [-0.05, 0) is 44.0 Å². The maximum absolute atomic E-state index is 4.68. The van der Waals surface area contributed by atoms with Gasteiger partial charge in [-0.15, -0.1) is 0 Å². The summed E-state index contributed by atoms with van der Waals surface area (Å²) in [5.74, 6) is 0.877. The predicted molar refractivity (Wildman–Crippen MR) is 72.5 cm³/mol. The molecule has 4 heteroatoms. The van der Waals surface area contributed by atoms with Crippen LogP contribution >= 0.6 is 0 Å². The number of nitrogens with zero attached hydrogens (tertiary/aromatic N) is 3. The van der Waals surface area contributed by atoms with Crippen LogP contribution in [-0.2, 0) is 7.05 Å². The molecule has 92 valence electrons. The van der Waals surface area contributed by atoms with Gasteiger partial charge >= 0.3 is 0 Å². The molecule has 0 aliphatic carbocycles. The minimum Gasteiger partial charge on any atom is -0.337 e. The molecular weight excluding hydrogens is 224 g/mol. The van der Waals surface area contributed by atoms with Crippen molar-refractivity contribution in [1.82, 2.24) is 19.7 Å². The minimum atomic E-state index is 0.877. The molecule has 0 amide bonds. The van der Waals surface area contributed by atoms with Crippen molar-refractivity contribution in [2.24, 2.45) is 7.05 Å². The molecule has 3 rings (SSSR count). The first-order valence-corrected chi connectivity index (χ1v) is 6.02. The van der Waals surface area contributed by atoms with Crippen LogP contribution in [0.3, 0.4) is 0 Å². The smallest absolute Gasteiger partial charge is 0.156 e. The van der Waals surface area contributed by atoms with Gasteiger partial charge in [0.15, 0.2) is 5.82 Å². The Kier molecular flexibility index (Phi) is 2.26. The summed E-state index contributed by atoms with van der Waals surface area (Å²) < 4.78 is 1.86. The number of hydrogen-bond donors (Lipinski definition) is 1. The molecule has 0 saturated carbocycles. The van der Waals surface area contributed by atoms with E-state index in [4.69, 9.17) is 0 Å². The second kappa shape index (κ2) is 3.70. The van der Waals surface area contributed by atoms with Crippen LogP contribution in [0, 0.1) is 20.8 Å². The van der Waals surface area contributed by atoms with E-state index in [0.29, 0.717) is 0 Å². The SMILES string of the molecule is Cc1cc(C)c2nc(-c3cc(C)nn3C)[nH]c2c1. The highest BCUT2D eigenvalue weighted by Gasteiger charge is 2.11. The Morgan fingerprint density at radius 2 is 1.89 bits per heavy atom. The van der Waals surface area contributed by atoms with Gasteiger partial charge in [-0.25, -0.2) is 4.98 Å². The van der Waals surface area contributed by atoms with Crippen molar-refractivity contribution >= 4 is 11.0 Å². The lowest BCUT2D eigenvalue weighted by atomic mass is 10.1. The number of H-pyrrole nitrogens is 1. The lowest BCUT2D eigenvalue weighted by molar-refractivity contribution is 0.760. The van der Waals surface area contributed by atoms with E-state index in [9.17, 15) is 0 Å². The van der Waals surface area contributed by atoms with Crippen molar-refractivity contribution in [3.05, 3.63) is 35.0 Å². The standard InChI is InChI=1S/C14H16N4/c1-8-5-9(2)13-11(6-8)15-14(16-13)12-7-10(3)17-18(12)4/h5-7H,1-4H3,(H,15,16). The van der Waals surface area contributed by atoms with Gasteiger partial charge in [0.25, 0.3) is 0 Å². The molecule has 0 fully saturated rings. The van der Waals surface area contributed by atoms with E-state index in [2.05, 4.69) is 41.0 Å². The van der Waals surface area contributed by atoms with Gasteiger partial charge in [0.1, 0.15) is 5.69 Å². The first kappa shape index (κ1) is 11.0. The molecule has 18 heavy (non-hydrogen) atoms. The van der Waals surface area contributed by atoms with Crippen molar-refractivity contribution in [1.29, 1.82) is 0 Å². The number of nitrogens with one attached hydrogen (secondary N) is 1. The first-order chi connectivity index (χ1) is 8.54. The monoisotopic (exact) mass is 240 g/mol. The van der Waals surface area contributed by atoms with E-state index in [-0.39, 0.29) is 0 Å².